The number of rotatable bonds is 39. The Kier molecular flexibility index (Phi) is 36.7. The minimum Gasteiger partial charge on any atom is -0.462 e. The van der Waals surface area contributed by atoms with E-state index in [1.807, 2.05) is 21.1 Å². The Hall–Kier alpha value is -2.29. The van der Waals surface area contributed by atoms with E-state index in [1.54, 1.807) is 0 Å². The van der Waals surface area contributed by atoms with Gasteiger partial charge in [0.25, 0.3) is 0 Å². The molecule has 10 heteroatoms. The van der Waals surface area contributed by atoms with Crippen molar-refractivity contribution in [1.29, 1.82) is 0 Å². The predicted molar refractivity (Wildman–Crippen MR) is 233 cm³/mol. The maximum Gasteiger partial charge on any atom is 0.472 e. The fourth-order valence-corrected chi connectivity index (χ4v) is 6.33. The van der Waals surface area contributed by atoms with E-state index < -0.39 is 26.5 Å². The first-order chi connectivity index (χ1) is 27.0. The number of carbonyl (C=O) groups excluding carboxylic acids is 2. The van der Waals surface area contributed by atoms with Gasteiger partial charge in [-0.25, -0.2) is 4.57 Å². The Morgan fingerprint density at radius 3 is 1.54 bits per heavy atom. The third-order valence-electron chi connectivity index (χ3n) is 9.03. The van der Waals surface area contributed by atoms with Crippen molar-refractivity contribution >= 4 is 19.8 Å². The van der Waals surface area contributed by atoms with Crippen molar-refractivity contribution in [3.05, 3.63) is 60.8 Å². The van der Waals surface area contributed by atoms with Gasteiger partial charge in [-0.3, -0.25) is 18.6 Å². The van der Waals surface area contributed by atoms with Gasteiger partial charge < -0.3 is 18.9 Å². The SMILES string of the molecule is CC/C=C\C/C=C\C/C=C\C/C=C\CCCCCCC(=O)OC(COC(=O)CCCCCCC/C=C\CCCCCCCC)COP(=O)(O)OCC[N+](C)(C)C. The highest BCUT2D eigenvalue weighted by molar-refractivity contribution is 7.47. The molecular weight excluding hydrogens is 725 g/mol. The van der Waals surface area contributed by atoms with E-state index >= 15 is 0 Å². The molecule has 0 heterocycles. The monoisotopic (exact) mass is 809 g/mol. The van der Waals surface area contributed by atoms with Gasteiger partial charge in [0.1, 0.15) is 19.8 Å². The summed E-state index contributed by atoms with van der Waals surface area (Å²) in [7, 11) is 1.45. The second kappa shape index (κ2) is 38.2. The number of quaternary nitrogens is 1. The van der Waals surface area contributed by atoms with Gasteiger partial charge in [0.05, 0.1) is 27.7 Å². The van der Waals surface area contributed by atoms with E-state index in [1.165, 1.54) is 44.9 Å². The summed E-state index contributed by atoms with van der Waals surface area (Å²) >= 11 is 0. The molecule has 0 aromatic carbocycles. The Morgan fingerprint density at radius 2 is 1.02 bits per heavy atom. The van der Waals surface area contributed by atoms with Crippen molar-refractivity contribution in [1.82, 2.24) is 0 Å². The van der Waals surface area contributed by atoms with Crippen molar-refractivity contribution in [2.75, 3.05) is 47.5 Å². The van der Waals surface area contributed by atoms with E-state index in [0.29, 0.717) is 17.4 Å². The van der Waals surface area contributed by atoms with Gasteiger partial charge in [-0.2, -0.15) is 0 Å². The molecule has 2 unspecified atom stereocenters. The smallest absolute Gasteiger partial charge is 0.462 e. The Labute approximate surface area is 343 Å². The van der Waals surface area contributed by atoms with Crippen LogP contribution in [0.5, 0.6) is 0 Å². The highest BCUT2D eigenvalue weighted by Gasteiger charge is 2.27. The molecule has 9 nitrogen and oxygen atoms in total. The van der Waals surface area contributed by atoms with E-state index in [9.17, 15) is 19.0 Å². The van der Waals surface area contributed by atoms with Crippen LogP contribution in [0.15, 0.2) is 60.8 Å². The topological polar surface area (TPSA) is 108 Å². The van der Waals surface area contributed by atoms with Crippen molar-refractivity contribution in [3.8, 4) is 0 Å². The van der Waals surface area contributed by atoms with Gasteiger partial charge >= 0.3 is 19.8 Å². The van der Waals surface area contributed by atoms with Crippen molar-refractivity contribution < 1.29 is 42.1 Å². The van der Waals surface area contributed by atoms with Crippen LogP contribution in [0, 0.1) is 0 Å². The average Bonchev–Trinajstić information content (AvgIpc) is 3.15. The minimum absolute atomic E-state index is 0.0228. The Morgan fingerprint density at radius 1 is 0.571 bits per heavy atom. The standard InChI is InChI=1S/C46H82NO8P/c1-6-8-10-12-14-16-18-20-22-23-25-27-29-31-33-35-37-39-46(49)55-44(43-54-56(50,51)53-41-40-47(3,4)5)42-52-45(48)38-36-34-32-30-28-26-24-21-19-17-15-13-11-9-7-2/h8,10,14,16,20-22,24-25,27,44H,6-7,9,11-13,15,17-19,23,26,28-43H2,1-5H3/p+1/b10-8-,16-14-,22-20-,24-21-,27-25-. The van der Waals surface area contributed by atoms with Gasteiger partial charge in [0, 0.05) is 12.8 Å². The summed E-state index contributed by atoms with van der Waals surface area (Å²) in [6, 6.07) is 0. The molecule has 0 aromatic heterocycles. The molecule has 0 saturated carbocycles. The van der Waals surface area contributed by atoms with Crippen LogP contribution in [0.1, 0.15) is 168 Å². The molecule has 0 aliphatic heterocycles. The third kappa shape index (κ3) is 41.3. The molecule has 0 rings (SSSR count). The van der Waals surface area contributed by atoms with Gasteiger partial charge in [-0.05, 0) is 77.0 Å². The molecule has 0 aliphatic carbocycles. The van der Waals surface area contributed by atoms with Gasteiger partial charge in [-0.1, -0.05) is 139 Å². The van der Waals surface area contributed by atoms with E-state index in [4.69, 9.17) is 18.5 Å². The Balaban J connectivity index is 4.43. The van der Waals surface area contributed by atoms with Crippen LogP contribution in [0.4, 0.5) is 0 Å². The van der Waals surface area contributed by atoms with Crippen molar-refractivity contribution in [2.24, 2.45) is 0 Å². The molecule has 0 aromatic rings. The number of likely N-dealkylation sites (N-methyl/N-ethyl adjacent to an activating group) is 1. The van der Waals surface area contributed by atoms with E-state index in [2.05, 4.69) is 74.6 Å². The number of unbranched alkanes of at least 4 members (excludes halogenated alkanes) is 15. The normalized spacial score (nSPS) is 14.2. The van der Waals surface area contributed by atoms with E-state index in [0.717, 1.165) is 89.9 Å². The van der Waals surface area contributed by atoms with Crippen molar-refractivity contribution in [3.63, 3.8) is 0 Å². The van der Waals surface area contributed by atoms with Crippen LogP contribution in [0.3, 0.4) is 0 Å². The molecule has 56 heavy (non-hydrogen) atoms. The average molecular weight is 809 g/mol. The molecular formula is C46H83NO8P+. The summed E-state index contributed by atoms with van der Waals surface area (Å²) in [4.78, 5) is 35.4. The van der Waals surface area contributed by atoms with Crippen molar-refractivity contribution in [2.45, 2.75) is 174 Å². The molecule has 0 aliphatic rings. The first kappa shape index (κ1) is 53.7. The number of esters is 2. The van der Waals surface area contributed by atoms with Gasteiger partial charge in [-0.15, -0.1) is 0 Å². The van der Waals surface area contributed by atoms with Crippen LogP contribution in [0.25, 0.3) is 0 Å². The summed E-state index contributed by atoms with van der Waals surface area (Å²) in [5, 5.41) is 0. The number of phosphoric acid groups is 1. The number of phosphoric ester groups is 1. The number of hydrogen-bond acceptors (Lipinski definition) is 7. The van der Waals surface area contributed by atoms with Crippen LogP contribution < -0.4 is 0 Å². The lowest BCUT2D eigenvalue weighted by molar-refractivity contribution is -0.870. The van der Waals surface area contributed by atoms with Crippen LogP contribution in [-0.2, 0) is 32.7 Å². The summed E-state index contributed by atoms with van der Waals surface area (Å²) in [5.41, 5.74) is 0. The first-order valence-corrected chi connectivity index (χ1v) is 23.5. The lowest BCUT2D eigenvalue weighted by Crippen LogP contribution is -2.37. The maximum absolute atomic E-state index is 12.7. The zero-order valence-corrected chi connectivity index (χ0v) is 37.2. The summed E-state index contributed by atoms with van der Waals surface area (Å²) < 4.78 is 34.3. The molecule has 0 spiro atoms. The Bertz CT molecular complexity index is 1140. The quantitative estimate of drug-likeness (QED) is 0.0215. The second-order valence-electron chi connectivity index (χ2n) is 15.7. The first-order valence-electron chi connectivity index (χ1n) is 22.0. The highest BCUT2D eigenvalue weighted by Crippen LogP contribution is 2.43. The molecule has 0 fully saturated rings. The number of carbonyl (C=O) groups is 2. The second-order valence-corrected chi connectivity index (χ2v) is 17.1. The van der Waals surface area contributed by atoms with Crippen LogP contribution >= 0.6 is 7.82 Å². The summed E-state index contributed by atoms with van der Waals surface area (Å²) in [6.07, 6.45) is 45.5. The lowest BCUT2D eigenvalue weighted by atomic mass is 10.1. The summed E-state index contributed by atoms with van der Waals surface area (Å²) in [5.74, 6) is -0.840. The van der Waals surface area contributed by atoms with Gasteiger partial charge in [0.15, 0.2) is 6.10 Å². The predicted octanol–water partition coefficient (Wildman–Crippen LogP) is 12.5. The molecule has 0 radical (unpaired) electrons. The zero-order chi connectivity index (χ0) is 41.4. The molecule has 1 N–H and O–H groups in total. The molecule has 0 saturated heterocycles. The maximum atomic E-state index is 12.7. The largest absolute Gasteiger partial charge is 0.472 e. The third-order valence-corrected chi connectivity index (χ3v) is 10.0. The molecule has 0 amide bonds. The molecule has 0 bridgehead atoms. The number of ether oxygens (including phenoxy) is 2. The van der Waals surface area contributed by atoms with Crippen LogP contribution in [0.2, 0.25) is 0 Å². The fourth-order valence-electron chi connectivity index (χ4n) is 5.59. The fraction of sp³-hybridized carbons (Fsp3) is 0.739. The van der Waals surface area contributed by atoms with Crippen LogP contribution in [-0.4, -0.2) is 74.9 Å². The molecule has 324 valence electrons. The van der Waals surface area contributed by atoms with Gasteiger partial charge in [0.2, 0.25) is 0 Å². The minimum atomic E-state index is -4.39. The number of allylic oxidation sites excluding steroid dienone is 10. The lowest BCUT2D eigenvalue weighted by Gasteiger charge is -2.24. The zero-order valence-electron chi connectivity index (χ0n) is 36.3. The van der Waals surface area contributed by atoms with E-state index in [-0.39, 0.29) is 32.0 Å². The molecule has 2 atom stereocenters. The highest BCUT2D eigenvalue weighted by atomic mass is 31.2. The number of hydrogen-bond donors (Lipinski definition) is 1. The number of nitrogens with zero attached hydrogens (tertiary/aromatic N) is 1. The summed E-state index contributed by atoms with van der Waals surface area (Å²) in [6.45, 7) is 4.25.